The Balaban J connectivity index is 3.00. The van der Waals surface area contributed by atoms with Gasteiger partial charge < -0.3 is 4.74 Å². The minimum Gasteiger partial charge on any atom is -0.461 e. The third-order valence-corrected chi connectivity index (χ3v) is 10.2. The largest absolute Gasteiger partial charge is 0.461 e. The van der Waals surface area contributed by atoms with Gasteiger partial charge in [-0.2, -0.15) is 0 Å². The molecule has 0 bridgehead atoms. The Bertz CT molecular complexity index is 306. The van der Waals surface area contributed by atoms with Crippen molar-refractivity contribution in [3.8, 4) is 0 Å². The van der Waals surface area contributed by atoms with Crippen LogP contribution in [0.1, 0.15) is 34.1 Å². The van der Waals surface area contributed by atoms with Gasteiger partial charge in [-0.15, -0.1) is 0 Å². The molecule has 0 saturated heterocycles. The van der Waals surface area contributed by atoms with Crippen LogP contribution >= 0.6 is 67.8 Å². The van der Waals surface area contributed by atoms with Gasteiger partial charge >= 0.3 is 5.97 Å². The number of carbonyl (C=O) groups excluding carboxylic acids is 1. The second kappa shape index (κ2) is 5.97. The van der Waals surface area contributed by atoms with Gasteiger partial charge in [-0.1, -0.05) is 88.5 Å². The molecule has 0 heterocycles. The smallest absolute Gasteiger partial charge is 0.302 e. The van der Waals surface area contributed by atoms with Gasteiger partial charge in [0.1, 0.15) is 6.10 Å². The van der Waals surface area contributed by atoms with Crippen molar-refractivity contribution in [3.63, 3.8) is 0 Å². The number of alkyl halides is 3. The highest BCUT2D eigenvalue weighted by Gasteiger charge is 2.53. The minimum atomic E-state index is -0.161. The van der Waals surface area contributed by atoms with E-state index in [1.165, 1.54) is 6.92 Å². The van der Waals surface area contributed by atoms with Crippen LogP contribution < -0.4 is 0 Å². The molecule has 0 spiro atoms. The first-order valence-electron chi connectivity index (χ1n) is 5.65. The van der Waals surface area contributed by atoms with Gasteiger partial charge in [0.2, 0.25) is 0 Å². The second-order valence-electron chi connectivity index (χ2n) is 5.83. The van der Waals surface area contributed by atoms with Crippen LogP contribution in [0, 0.1) is 10.8 Å². The Labute approximate surface area is 145 Å². The van der Waals surface area contributed by atoms with E-state index in [0.717, 1.165) is 10.8 Å². The van der Waals surface area contributed by atoms with E-state index in [1.807, 2.05) is 0 Å². The predicted molar refractivity (Wildman–Crippen MR) is 96.6 cm³/mol. The molecule has 0 radical (unpaired) electrons. The van der Waals surface area contributed by atoms with Crippen molar-refractivity contribution in [3.05, 3.63) is 0 Å². The molecule has 4 atom stereocenters. The minimum absolute atomic E-state index is 0.0264. The SMILES string of the molecule is CC(=O)OC1C(I)C(I)C(C)(CI)CC1(C)C. The molecular weight excluding hydrogens is 557 g/mol. The summed E-state index contributed by atoms with van der Waals surface area (Å²) in [5.74, 6) is -0.161. The number of hydrogen-bond acceptors (Lipinski definition) is 2. The monoisotopic (exact) mass is 576 g/mol. The lowest BCUT2D eigenvalue weighted by Crippen LogP contribution is -2.56. The summed E-state index contributed by atoms with van der Waals surface area (Å²) in [7, 11) is 0. The van der Waals surface area contributed by atoms with Crippen LogP contribution in [0.3, 0.4) is 0 Å². The summed E-state index contributed by atoms with van der Waals surface area (Å²) in [5.41, 5.74) is 0.381. The van der Waals surface area contributed by atoms with E-state index >= 15 is 0 Å². The van der Waals surface area contributed by atoms with Gasteiger partial charge in [0, 0.05) is 20.7 Å². The Morgan fingerprint density at radius 1 is 1.35 bits per heavy atom. The summed E-state index contributed by atoms with van der Waals surface area (Å²) in [5, 5.41) is 0. The lowest BCUT2D eigenvalue weighted by Gasteiger charge is -2.52. The molecule has 0 aromatic carbocycles. The van der Waals surface area contributed by atoms with Gasteiger partial charge in [-0.05, 0) is 11.8 Å². The van der Waals surface area contributed by atoms with E-state index in [1.54, 1.807) is 0 Å². The fraction of sp³-hybridized carbons (Fsp3) is 0.917. The Morgan fingerprint density at radius 3 is 2.29 bits per heavy atom. The Kier molecular flexibility index (Phi) is 5.87. The van der Waals surface area contributed by atoms with Crippen molar-refractivity contribution >= 4 is 73.7 Å². The summed E-state index contributed by atoms with van der Waals surface area (Å²) in [6.07, 6.45) is 1.13. The molecule has 0 aromatic heterocycles. The number of rotatable bonds is 2. The lowest BCUT2D eigenvalue weighted by atomic mass is 9.64. The normalized spacial score (nSPS) is 41.0. The number of hydrogen-bond donors (Lipinski definition) is 0. The molecule has 0 N–H and O–H groups in total. The fourth-order valence-electron chi connectivity index (χ4n) is 2.73. The third-order valence-electron chi connectivity index (χ3n) is 3.46. The van der Waals surface area contributed by atoms with E-state index in [0.29, 0.717) is 13.3 Å². The van der Waals surface area contributed by atoms with Crippen LogP contribution in [0.15, 0.2) is 0 Å². The van der Waals surface area contributed by atoms with Gasteiger partial charge in [-0.3, -0.25) is 4.79 Å². The quantitative estimate of drug-likeness (QED) is 0.277. The molecule has 1 fully saturated rings. The molecule has 100 valence electrons. The molecule has 1 rings (SSSR count). The number of ether oxygens (including phenoxy) is 1. The number of carbonyl (C=O) groups is 1. The van der Waals surface area contributed by atoms with Gasteiger partial charge in [0.25, 0.3) is 0 Å². The van der Waals surface area contributed by atoms with E-state index in [9.17, 15) is 4.79 Å². The molecule has 0 aliphatic heterocycles. The fourth-order valence-corrected chi connectivity index (χ4v) is 7.12. The predicted octanol–water partition coefficient (Wildman–Crippen LogP) is 4.40. The summed E-state index contributed by atoms with van der Waals surface area (Å²) in [4.78, 5) is 11.3. The molecule has 0 amide bonds. The van der Waals surface area contributed by atoms with Crippen LogP contribution in [0.5, 0.6) is 0 Å². The van der Waals surface area contributed by atoms with E-state index in [4.69, 9.17) is 4.74 Å². The van der Waals surface area contributed by atoms with Crippen molar-refractivity contribution in [2.24, 2.45) is 10.8 Å². The molecule has 1 aliphatic rings. The van der Waals surface area contributed by atoms with E-state index < -0.39 is 0 Å². The molecule has 0 aromatic rings. The summed E-state index contributed by atoms with van der Waals surface area (Å²) in [6.45, 7) is 8.31. The average molecular weight is 576 g/mol. The summed E-state index contributed by atoms with van der Waals surface area (Å²) in [6, 6.07) is 0. The summed E-state index contributed by atoms with van der Waals surface area (Å²) < 4.78 is 7.63. The topological polar surface area (TPSA) is 26.3 Å². The first kappa shape index (κ1) is 16.7. The molecule has 1 aliphatic carbocycles. The zero-order chi connectivity index (χ0) is 13.4. The highest BCUT2D eigenvalue weighted by molar-refractivity contribution is 14.1. The maximum absolute atomic E-state index is 11.3. The second-order valence-corrected chi connectivity index (χ2v) is 9.37. The molecule has 1 saturated carbocycles. The molecule has 5 heteroatoms. The van der Waals surface area contributed by atoms with Crippen LogP contribution in [-0.2, 0) is 9.53 Å². The van der Waals surface area contributed by atoms with Gasteiger partial charge in [-0.25, -0.2) is 0 Å². The zero-order valence-electron chi connectivity index (χ0n) is 10.6. The van der Waals surface area contributed by atoms with E-state index in [-0.39, 0.29) is 17.5 Å². The first-order valence-corrected chi connectivity index (χ1v) is 9.67. The van der Waals surface area contributed by atoms with Gasteiger partial charge in [0.15, 0.2) is 0 Å². The maximum atomic E-state index is 11.3. The van der Waals surface area contributed by atoms with Crippen molar-refractivity contribution in [2.45, 2.75) is 48.1 Å². The molecule has 4 unspecified atom stereocenters. The van der Waals surface area contributed by atoms with E-state index in [2.05, 4.69) is 88.5 Å². The van der Waals surface area contributed by atoms with Gasteiger partial charge in [0.05, 0.1) is 3.92 Å². The standard InChI is InChI=1S/C12H19I3O2/c1-7(16)17-10-8(14)9(15)12(4,6-13)5-11(10,2)3/h8-10H,5-6H2,1-4H3. The first-order chi connectivity index (χ1) is 7.64. The Hall–Kier alpha value is 1.66. The average Bonchev–Trinajstić information content (AvgIpc) is 2.21. The number of esters is 1. The van der Waals surface area contributed by atoms with Crippen molar-refractivity contribution in [1.82, 2.24) is 0 Å². The zero-order valence-corrected chi connectivity index (χ0v) is 17.1. The molecule has 17 heavy (non-hydrogen) atoms. The number of halogens is 3. The highest BCUT2D eigenvalue weighted by Crippen LogP contribution is 2.53. The van der Waals surface area contributed by atoms with Crippen LogP contribution in [0.2, 0.25) is 0 Å². The van der Waals surface area contributed by atoms with Crippen molar-refractivity contribution < 1.29 is 9.53 Å². The molecular formula is C12H19I3O2. The lowest BCUT2D eigenvalue weighted by molar-refractivity contribution is -0.156. The van der Waals surface area contributed by atoms with Crippen LogP contribution in [0.4, 0.5) is 0 Å². The molecule has 2 nitrogen and oxygen atoms in total. The van der Waals surface area contributed by atoms with Crippen LogP contribution in [0.25, 0.3) is 0 Å². The van der Waals surface area contributed by atoms with Crippen molar-refractivity contribution in [2.75, 3.05) is 4.43 Å². The van der Waals surface area contributed by atoms with Crippen molar-refractivity contribution in [1.29, 1.82) is 0 Å². The highest BCUT2D eigenvalue weighted by atomic mass is 127. The summed E-state index contributed by atoms with van der Waals surface area (Å²) >= 11 is 7.48. The maximum Gasteiger partial charge on any atom is 0.302 e. The Morgan fingerprint density at radius 2 is 1.88 bits per heavy atom. The third kappa shape index (κ3) is 3.61. The van der Waals surface area contributed by atoms with Crippen LogP contribution in [-0.4, -0.2) is 24.4 Å².